The lowest BCUT2D eigenvalue weighted by molar-refractivity contribution is 0.00578. The first-order chi connectivity index (χ1) is 11.7. The van der Waals surface area contributed by atoms with Crippen molar-refractivity contribution in [1.82, 2.24) is 0 Å². The molecule has 1 saturated heterocycles. The Balaban J connectivity index is 1.73. The van der Waals surface area contributed by atoms with E-state index in [1.165, 1.54) is 0 Å². The zero-order chi connectivity index (χ0) is 18.2. The van der Waals surface area contributed by atoms with Gasteiger partial charge in [-0.1, -0.05) is 35.9 Å². The molecule has 1 heterocycles. The topological polar surface area (TPSA) is 27.7 Å². The molecule has 0 aromatic heterocycles. The minimum absolute atomic E-state index is 0.344. The lowest BCUT2D eigenvalue weighted by atomic mass is 9.76. The van der Waals surface area contributed by atoms with Crippen LogP contribution in [-0.4, -0.2) is 18.3 Å². The molecule has 2 aromatic rings. The molecule has 0 amide bonds. The summed E-state index contributed by atoms with van der Waals surface area (Å²) < 4.78 is 18.2. The first kappa shape index (κ1) is 18.3. The predicted molar refractivity (Wildman–Crippen MR) is 103 cm³/mol. The van der Waals surface area contributed by atoms with E-state index in [1.54, 1.807) is 0 Å². The van der Waals surface area contributed by atoms with Gasteiger partial charge in [0.2, 0.25) is 0 Å². The normalized spacial score (nSPS) is 18.4. The van der Waals surface area contributed by atoms with Gasteiger partial charge in [-0.05, 0) is 63.8 Å². The number of hydrogen-bond donors (Lipinski definition) is 0. The van der Waals surface area contributed by atoms with Crippen molar-refractivity contribution in [2.45, 2.75) is 52.4 Å². The molecule has 5 heteroatoms. The Kier molecular flexibility index (Phi) is 4.89. The number of rotatable bonds is 4. The first-order valence-electron chi connectivity index (χ1n) is 8.52. The van der Waals surface area contributed by atoms with Gasteiger partial charge in [0.15, 0.2) is 0 Å². The van der Waals surface area contributed by atoms with Gasteiger partial charge in [-0.3, -0.25) is 0 Å². The average molecular weight is 359 g/mol. The van der Waals surface area contributed by atoms with E-state index in [-0.39, 0.29) is 18.3 Å². The summed E-state index contributed by atoms with van der Waals surface area (Å²) in [4.78, 5) is 0. The van der Waals surface area contributed by atoms with E-state index in [0.717, 1.165) is 22.3 Å². The van der Waals surface area contributed by atoms with Crippen molar-refractivity contribution in [3.8, 4) is 5.75 Å². The summed E-state index contributed by atoms with van der Waals surface area (Å²) >= 11 is 6.17. The lowest BCUT2D eigenvalue weighted by Crippen LogP contribution is -2.41. The minimum atomic E-state index is -0.359. The molecular weight excluding hydrogens is 334 g/mol. The second kappa shape index (κ2) is 6.67. The average Bonchev–Trinajstić information content (AvgIpc) is 2.74. The van der Waals surface area contributed by atoms with Crippen LogP contribution in [0.3, 0.4) is 0 Å². The number of halogens is 1. The Labute approximate surface area is 155 Å². The SMILES string of the molecule is Cc1cc(OCc2ccccc2Cl)ccc1B1OC(C)(C)C(C)(C)O1. The Morgan fingerprint density at radius 1 is 1.00 bits per heavy atom. The summed E-state index contributed by atoms with van der Waals surface area (Å²) in [5.74, 6) is 0.803. The van der Waals surface area contributed by atoms with Crippen LogP contribution < -0.4 is 10.2 Å². The zero-order valence-corrected chi connectivity index (χ0v) is 16.2. The maximum atomic E-state index is 6.17. The highest BCUT2D eigenvalue weighted by Crippen LogP contribution is 2.36. The van der Waals surface area contributed by atoms with Gasteiger partial charge in [0.1, 0.15) is 12.4 Å². The third-order valence-electron chi connectivity index (χ3n) is 5.10. The maximum Gasteiger partial charge on any atom is 0.495 e. The molecule has 2 aromatic carbocycles. The van der Waals surface area contributed by atoms with Gasteiger partial charge in [-0.15, -0.1) is 0 Å². The van der Waals surface area contributed by atoms with Gasteiger partial charge in [0.05, 0.1) is 11.2 Å². The van der Waals surface area contributed by atoms with Crippen LogP contribution in [0.4, 0.5) is 0 Å². The molecule has 0 N–H and O–H groups in total. The summed E-state index contributed by atoms with van der Waals surface area (Å²) in [5, 5.41) is 0.716. The third kappa shape index (κ3) is 3.71. The van der Waals surface area contributed by atoms with Crippen LogP contribution in [-0.2, 0) is 15.9 Å². The molecule has 0 saturated carbocycles. The molecule has 3 nitrogen and oxygen atoms in total. The van der Waals surface area contributed by atoms with E-state index in [9.17, 15) is 0 Å². The highest BCUT2D eigenvalue weighted by molar-refractivity contribution is 6.62. The molecule has 1 aliphatic rings. The molecular formula is C20H24BClO3. The Morgan fingerprint density at radius 2 is 1.64 bits per heavy atom. The fourth-order valence-corrected chi connectivity index (χ4v) is 2.94. The summed E-state index contributed by atoms with van der Waals surface area (Å²) in [6.07, 6.45) is 0. The number of hydrogen-bond acceptors (Lipinski definition) is 3. The quantitative estimate of drug-likeness (QED) is 0.752. The third-order valence-corrected chi connectivity index (χ3v) is 5.47. The van der Waals surface area contributed by atoms with Crippen molar-refractivity contribution in [2.75, 3.05) is 0 Å². The summed E-state index contributed by atoms with van der Waals surface area (Å²) in [5.41, 5.74) is 2.39. The maximum absolute atomic E-state index is 6.17. The van der Waals surface area contributed by atoms with Gasteiger partial charge in [0, 0.05) is 10.6 Å². The van der Waals surface area contributed by atoms with E-state index < -0.39 is 0 Å². The molecule has 0 aliphatic carbocycles. The van der Waals surface area contributed by atoms with Crippen molar-refractivity contribution in [2.24, 2.45) is 0 Å². The van der Waals surface area contributed by atoms with Crippen LogP contribution in [0.5, 0.6) is 5.75 Å². The smallest absolute Gasteiger partial charge is 0.489 e. The summed E-state index contributed by atoms with van der Waals surface area (Å²) in [6.45, 7) is 10.7. The summed E-state index contributed by atoms with van der Waals surface area (Å²) in [6, 6.07) is 13.7. The highest BCUT2D eigenvalue weighted by Gasteiger charge is 2.52. The molecule has 3 rings (SSSR count). The highest BCUT2D eigenvalue weighted by atomic mass is 35.5. The van der Waals surface area contributed by atoms with Gasteiger partial charge >= 0.3 is 7.12 Å². The Morgan fingerprint density at radius 3 is 2.24 bits per heavy atom. The number of benzene rings is 2. The van der Waals surface area contributed by atoms with Crippen LogP contribution in [0.1, 0.15) is 38.8 Å². The van der Waals surface area contributed by atoms with Crippen molar-refractivity contribution < 1.29 is 14.0 Å². The number of ether oxygens (including phenoxy) is 1. The lowest BCUT2D eigenvalue weighted by Gasteiger charge is -2.32. The van der Waals surface area contributed by atoms with Gasteiger partial charge < -0.3 is 14.0 Å². The summed E-state index contributed by atoms with van der Waals surface area (Å²) in [7, 11) is -0.359. The minimum Gasteiger partial charge on any atom is -0.489 e. The molecule has 25 heavy (non-hydrogen) atoms. The van der Waals surface area contributed by atoms with Crippen molar-refractivity contribution in [3.05, 3.63) is 58.6 Å². The fraction of sp³-hybridized carbons (Fsp3) is 0.400. The monoisotopic (exact) mass is 358 g/mol. The zero-order valence-electron chi connectivity index (χ0n) is 15.4. The Hall–Kier alpha value is -1.49. The molecule has 1 fully saturated rings. The van der Waals surface area contributed by atoms with E-state index in [0.29, 0.717) is 11.6 Å². The van der Waals surface area contributed by atoms with E-state index in [1.807, 2.05) is 49.4 Å². The molecule has 0 radical (unpaired) electrons. The van der Waals surface area contributed by atoms with Crippen molar-refractivity contribution in [3.63, 3.8) is 0 Å². The first-order valence-corrected chi connectivity index (χ1v) is 8.90. The van der Waals surface area contributed by atoms with E-state index in [4.69, 9.17) is 25.6 Å². The molecule has 0 spiro atoms. The fourth-order valence-electron chi connectivity index (χ4n) is 2.75. The van der Waals surface area contributed by atoms with Gasteiger partial charge in [0.25, 0.3) is 0 Å². The molecule has 0 bridgehead atoms. The van der Waals surface area contributed by atoms with Crippen LogP contribution in [0, 0.1) is 6.92 Å². The van der Waals surface area contributed by atoms with Gasteiger partial charge in [-0.2, -0.15) is 0 Å². The number of aryl methyl sites for hydroxylation is 1. The van der Waals surface area contributed by atoms with Crippen LogP contribution >= 0.6 is 11.6 Å². The van der Waals surface area contributed by atoms with Crippen LogP contribution in [0.15, 0.2) is 42.5 Å². The second-order valence-corrected chi connectivity index (χ2v) is 7.89. The second-order valence-electron chi connectivity index (χ2n) is 7.49. The molecule has 132 valence electrons. The van der Waals surface area contributed by atoms with Crippen LogP contribution in [0.2, 0.25) is 5.02 Å². The molecule has 0 atom stereocenters. The van der Waals surface area contributed by atoms with Crippen molar-refractivity contribution in [1.29, 1.82) is 0 Å². The van der Waals surface area contributed by atoms with Crippen molar-refractivity contribution >= 4 is 24.2 Å². The Bertz CT molecular complexity index is 757. The van der Waals surface area contributed by atoms with Gasteiger partial charge in [-0.25, -0.2) is 0 Å². The molecule has 0 unspecified atom stereocenters. The predicted octanol–water partition coefficient (Wildman–Crippen LogP) is 4.53. The largest absolute Gasteiger partial charge is 0.495 e. The van der Waals surface area contributed by atoms with E-state index >= 15 is 0 Å². The van der Waals surface area contributed by atoms with E-state index in [2.05, 4.69) is 27.7 Å². The van der Waals surface area contributed by atoms with Crippen LogP contribution in [0.25, 0.3) is 0 Å². The standard InChI is InChI=1S/C20H24BClO3/c1-14-12-16(23-13-15-8-6-7-9-18(15)22)10-11-17(14)21-24-19(2,3)20(4,5)25-21/h6-12H,13H2,1-5H3. The molecule has 1 aliphatic heterocycles.